The molecule has 3 rings (SSSR count). The highest BCUT2D eigenvalue weighted by Crippen LogP contribution is 2.36. The van der Waals surface area contributed by atoms with Gasteiger partial charge >= 0.3 is 0 Å². The van der Waals surface area contributed by atoms with Gasteiger partial charge in [-0.05, 0) is 24.0 Å². The maximum atomic E-state index is 12.4. The summed E-state index contributed by atoms with van der Waals surface area (Å²) in [6, 6.07) is 7.64. The average Bonchev–Trinajstić information content (AvgIpc) is 3.05. The molecule has 0 aliphatic carbocycles. The number of nitrogens with one attached hydrogen (secondary N) is 1. The van der Waals surface area contributed by atoms with Gasteiger partial charge in [-0.2, -0.15) is 0 Å². The van der Waals surface area contributed by atoms with Gasteiger partial charge in [0.25, 0.3) is 0 Å². The molecule has 0 fully saturated rings. The summed E-state index contributed by atoms with van der Waals surface area (Å²) in [5, 5.41) is 6.93. The number of benzene rings is 1. The van der Waals surface area contributed by atoms with Crippen LogP contribution >= 0.6 is 0 Å². The summed E-state index contributed by atoms with van der Waals surface area (Å²) >= 11 is 0. The van der Waals surface area contributed by atoms with Crippen LogP contribution in [0.25, 0.3) is 0 Å². The lowest BCUT2D eigenvalue weighted by molar-refractivity contribution is -0.126. The summed E-state index contributed by atoms with van der Waals surface area (Å²) < 4.78 is 16.3. The number of carbonyl (C=O) groups is 1. The Bertz CT molecular complexity index is 739. The van der Waals surface area contributed by atoms with Crippen molar-refractivity contribution in [1.82, 2.24) is 10.5 Å². The minimum Gasteiger partial charge on any atom is -0.493 e. The first-order valence-corrected chi connectivity index (χ1v) is 8.57. The number of carbonyl (C=O) groups excluding carboxylic acids is 1. The standard InChI is InChI=1S/C19H24N2O4/c1-12(2)7-16-9-15(21-25-16)10-20-19(22)14-8-13-5-4-6-17(23-3)18(13)24-11-14/h4-6,9,12,14H,7-8,10-11H2,1-3H3,(H,20,22). The van der Waals surface area contributed by atoms with Crippen molar-refractivity contribution < 1.29 is 18.8 Å². The van der Waals surface area contributed by atoms with Crippen LogP contribution in [0.2, 0.25) is 0 Å². The molecule has 0 saturated carbocycles. The zero-order valence-electron chi connectivity index (χ0n) is 14.9. The van der Waals surface area contributed by atoms with Gasteiger partial charge in [-0.1, -0.05) is 31.1 Å². The summed E-state index contributed by atoms with van der Waals surface area (Å²) in [5.41, 5.74) is 1.73. The SMILES string of the molecule is COc1cccc2c1OCC(C(=O)NCc1cc(CC(C)C)on1)C2. The molecule has 0 spiro atoms. The fourth-order valence-electron chi connectivity index (χ4n) is 2.98. The third-order valence-electron chi connectivity index (χ3n) is 4.21. The van der Waals surface area contributed by atoms with Crippen molar-refractivity contribution in [2.45, 2.75) is 33.2 Å². The van der Waals surface area contributed by atoms with Crippen LogP contribution in [0.15, 0.2) is 28.8 Å². The number of methoxy groups -OCH3 is 1. The molecule has 25 heavy (non-hydrogen) atoms. The lowest BCUT2D eigenvalue weighted by Crippen LogP contribution is -2.37. The van der Waals surface area contributed by atoms with E-state index in [4.69, 9.17) is 14.0 Å². The molecule has 1 atom stereocenters. The van der Waals surface area contributed by atoms with Gasteiger partial charge in [-0.3, -0.25) is 4.79 Å². The van der Waals surface area contributed by atoms with Crippen LogP contribution in [0.4, 0.5) is 0 Å². The van der Waals surface area contributed by atoms with Crippen molar-refractivity contribution in [3.63, 3.8) is 0 Å². The van der Waals surface area contributed by atoms with Crippen molar-refractivity contribution in [2.75, 3.05) is 13.7 Å². The normalized spacial score (nSPS) is 16.2. The molecule has 6 nitrogen and oxygen atoms in total. The first-order chi connectivity index (χ1) is 12.1. The number of amides is 1. The number of ether oxygens (including phenoxy) is 2. The number of nitrogens with zero attached hydrogens (tertiary/aromatic N) is 1. The summed E-state index contributed by atoms with van der Waals surface area (Å²) in [6.45, 7) is 4.96. The molecule has 0 radical (unpaired) electrons. The van der Waals surface area contributed by atoms with Crippen molar-refractivity contribution in [3.05, 3.63) is 41.3 Å². The largest absolute Gasteiger partial charge is 0.493 e. The molecule has 0 saturated heterocycles. The third-order valence-corrected chi connectivity index (χ3v) is 4.21. The van der Waals surface area contributed by atoms with Crippen molar-refractivity contribution >= 4 is 5.91 Å². The molecule has 1 aliphatic heterocycles. The Morgan fingerprint density at radius 2 is 2.28 bits per heavy atom. The predicted octanol–water partition coefficient (Wildman–Crippen LogP) is 2.75. The zero-order valence-corrected chi connectivity index (χ0v) is 14.9. The van der Waals surface area contributed by atoms with E-state index in [2.05, 4.69) is 24.3 Å². The predicted molar refractivity (Wildman–Crippen MR) is 92.6 cm³/mol. The van der Waals surface area contributed by atoms with Crippen molar-refractivity contribution in [2.24, 2.45) is 11.8 Å². The minimum absolute atomic E-state index is 0.0399. The van der Waals surface area contributed by atoms with Gasteiger partial charge in [0.05, 0.1) is 19.6 Å². The van der Waals surface area contributed by atoms with Crippen LogP contribution in [0, 0.1) is 11.8 Å². The van der Waals surface area contributed by atoms with Gasteiger partial charge < -0.3 is 19.3 Å². The van der Waals surface area contributed by atoms with E-state index in [0.717, 1.165) is 29.2 Å². The topological polar surface area (TPSA) is 73.6 Å². The monoisotopic (exact) mass is 344 g/mol. The Labute approximate surface area is 147 Å². The number of rotatable bonds is 6. The number of fused-ring (bicyclic) bond motifs is 1. The number of hydrogen-bond donors (Lipinski definition) is 1. The Kier molecular flexibility index (Phi) is 5.26. The molecule has 1 unspecified atom stereocenters. The quantitative estimate of drug-likeness (QED) is 0.872. The van der Waals surface area contributed by atoms with Gasteiger partial charge in [0.1, 0.15) is 18.1 Å². The van der Waals surface area contributed by atoms with Gasteiger partial charge in [0.15, 0.2) is 11.5 Å². The molecule has 1 aromatic carbocycles. The van der Waals surface area contributed by atoms with Crippen LogP contribution in [-0.4, -0.2) is 24.8 Å². The number of hydrogen-bond acceptors (Lipinski definition) is 5. The van der Waals surface area contributed by atoms with Gasteiger partial charge in [0.2, 0.25) is 5.91 Å². The highest BCUT2D eigenvalue weighted by atomic mass is 16.5. The Balaban J connectivity index is 1.56. The van der Waals surface area contributed by atoms with Crippen molar-refractivity contribution in [1.29, 1.82) is 0 Å². The first kappa shape index (κ1) is 17.3. The van der Waals surface area contributed by atoms with E-state index in [9.17, 15) is 4.79 Å². The maximum Gasteiger partial charge on any atom is 0.227 e. The summed E-state index contributed by atoms with van der Waals surface area (Å²) in [4.78, 5) is 12.4. The van der Waals surface area contributed by atoms with Crippen molar-refractivity contribution in [3.8, 4) is 11.5 Å². The molecule has 2 heterocycles. The van der Waals surface area contributed by atoms with E-state index in [1.54, 1.807) is 7.11 Å². The zero-order chi connectivity index (χ0) is 17.8. The second-order valence-electron chi connectivity index (χ2n) is 6.76. The third kappa shape index (κ3) is 4.13. The summed E-state index contributed by atoms with van der Waals surface area (Å²) in [7, 11) is 1.61. The number of aromatic nitrogens is 1. The fourth-order valence-corrected chi connectivity index (χ4v) is 2.98. The Hall–Kier alpha value is -2.50. The van der Waals surface area contributed by atoms with Crippen LogP contribution < -0.4 is 14.8 Å². The van der Waals surface area contributed by atoms with Crippen LogP contribution in [0.3, 0.4) is 0 Å². The lowest BCUT2D eigenvalue weighted by Gasteiger charge is -2.25. The van der Waals surface area contributed by atoms with Gasteiger partial charge in [-0.15, -0.1) is 0 Å². The molecule has 1 aliphatic rings. The smallest absolute Gasteiger partial charge is 0.227 e. The summed E-state index contributed by atoms with van der Waals surface area (Å²) in [5.74, 6) is 2.54. The van der Waals surface area contributed by atoms with Gasteiger partial charge in [-0.25, -0.2) is 0 Å². The molecule has 134 valence electrons. The summed E-state index contributed by atoms with van der Waals surface area (Å²) in [6.07, 6.45) is 1.48. The Morgan fingerprint density at radius 3 is 3.04 bits per heavy atom. The first-order valence-electron chi connectivity index (χ1n) is 8.57. The van der Waals surface area contributed by atoms with E-state index >= 15 is 0 Å². The highest BCUT2D eigenvalue weighted by molar-refractivity contribution is 5.79. The minimum atomic E-state index is -0.221. The molecule has 1 aromatic heterocycles. The van der Waals surface area contributed by atoms with Crippen LogP contribution in [0.5, 0.6) is 11.5 Å². The molecule has 6 heteroatoms. The fraction of sp³-hybridized carbons (Fsp3) is 0.474. The number of para-hydroxylation sites is 1. The van der Waals surface area contributed by atoms with Crippen LogP contribution in [-0.2, 0) is 24.2 Å². The van der Waals surface area contributed by atoms with E-state index in [0.29, 0.717) is 31.2 Å². The maximum absolute atomic E-state index is 12.4. The lowest BCUT2D eigenvalue weighted by atomic mass is 9.95. The van der Waals surface area contributed by atoms with Gasteiger partial charge in [0, 0.05) is 12.5 Å². The molecule has 0 bridgehead atoms. The second kappa shape index (κ2) is 7.59. The van der Waals surface area contributed by atoms with E-state index in [-0.39, 0.29) is 11.8 Å². The van der Waals surface area contributed by atoms with E-state index in [1.807, 2.05) is 24.3 Å². The highest BCUT2D eigenvalue weighted by Gasteiger charge is 2.27. The molecular formula is C19H24N2O4. The average molecular weight is 344 g/mol. The molecule has 1 N–H and O–H groups in total. The van der Waals surface area contributed by atoms with E-state index < -0.39 is 0 Å². The second-order valence-corrected chi connectivity index (χ2v) is 6.76. The molecular weight excluding hydrogens is 320 g/mol. The Morgan fingerprint density at radius 1 is 1.44 bits per heavy atom. The molecule has 1 amide bonds. The van der Waals surface area contributed by atoms with Crippen LogP contribution in [0.1, 0.15) is 30.9 Å². The van der Waals surface area contributed by atoms with E-state index in [1.165, 1.54) is 0 Å². The molecule has 2 aromatic rings.